The number of primary amides is 3. The molecular weight excluding hydrogens is 6680 g/mol. The summed E-state index contributed by atoms with van der Waals surface area (Å²) in [5.74, 6) is -1.74. The molecule has 28 nitrogen and oxygen atoms in total. The van der Waals surface area contributed by atoms with Crippen molar-refractivity contribution >= 4 is 739 Å². The molecule has 0 spiro atoms. The van der Waals surface area contributed by atoms with E-state index >= 15 is 0 Å². The molecule has 0 radical (unpaired) electrons. The van der Waals surface area contributed by atoms with Gasteiger partial charge in [0.2, 0.25) is 17.6 Å². The molecule has 0 saturated carbocycles. The maximum atomic E-state index is 12.8. The Kier molecular flexibility index (Phi) is 82.3. The van der Waals surface area contributed by atoms with E-state index in [0.29, 0.717) is 115 Å². The Morgan fingerprint density at radius 2 is 0.733 bits per heavy atom. The number of pyridine rings is 3. The van der Waals surface area contributed by atoms with Crippen LogP contribution in [0.25, 0.3) is 75.1 Å². The monoisotopic (exact) mass is 6740 g/mol. The zero-order valence-electron chi connectivity index (χ0n) is 64.7. The van der Waals surface area contributed by atoms with Gasteiger partial charge in [0.25, 0.3) is 17.7 Å². The number of fused-ring (bicyclic) bond motifs is 5. The topological polar surface area (TPSA) is 440 Å². The Bertz CT molecular complexity index is 5940. The molecule has 0 aliphatic rings. The number of aromatic amines is 2. The first-order valence-corrected chi connectivity index (χ1v) is 282. The van der Waals surface area contributed by atoms with Gasteiger partial charge in [-0.3, -0.25) is 19.2 Å². The van der Waals surface area contributed by atoms with Gasteiger partial charge in [-0.25, -0.2) is 39.3 Å². The number of benzene rings is 3. The van der Waals surface area contributed by atoms with Crippen molar-refractivity contribution in [3.63, 3.8) is 0 Å². The molecule has 3 aromatic carbocycles. The van der Waals surface area contributed by atoms with Crippen molar-refractivity contribution in [1.29, 1.82) is 0 Å². The zero-order chi connectivity index (χ0) is 100. The molecule has 782 valence electrons. The number of nitrogens with one attached hydrogen (secondary N) is 2. The van der Waals surface area contributed by atoms with Crippen LogP contribution in [0.4, 0.5) is 11.4 Å². The van der Waals surface area contributed by atoms with Crippen molar-refractivity contribution in [2.45, 2.75) is 28.7 Å². The molecular formula is C60H59Br3I41N12O16S3-. The van der Waals surface area contributed by atoms with E-state index in [0.717, 1.165) is 20.7 Å². The summed E-state index contributed by atoms with van der Waals surface area (Å²) in [4.78, 5) is 111. The first kappa shape index (κ1) is 147. The number of hydrogen-bond donors (Lipinski definition) is 8. The van der Waals surface area contributed by atoms with E-state index < -0.39 is 115 Å². The Balaban J connectivity index is 0.000000345. The summed E-state index contributed by atoms with van der Waals surface area (Å²) in [6.07, 6.45) is 5.36. The Labute approximate surface area is 1100 Å². The van der Waals surface area contributed by atoms with Crippen LogP contribution in [0.3, 0.4) is 0 Å². The number of aldehydes is 1. The van der Waals surface area contributed by atoms with Crippen molar-refractivity contribution in [3.8, 4) is 57.7 Å². The summed E-state index contributed by atoms with van der Waals surface area (Å²) in [6.45, 7) is 3.92. The molecule has 0 saturated heterocycles. The van der Waals surface area contributed by atoms with Gasteiger partial charge in [0.1, 0.15) is 37.3 Å². The third kappa shape index (κ3) is 41.8. The predicted molar refractivity (Wildman–Crippen MR) is 931 cm³/mol. The van der Waals surface area contributed by atoms with Gasteiger partial charge in [-0.15, -0.1) is 34.0 Å². The SMILES string of the molecule is C.C.CCOC(=O)c1sc2c(Br)cnc(OC)c2c1-c1nc2c(OC)c(C(N)=O)ccc2[nH]1.CCOC(=O)c1sc2c(Br)cnc(OC)c2c1C=O.COc1c(C(N)=O)ccc(N)c1N.COc1c(C(N)=O)ccc2[nH]c(-c3c(C(=O)O)sc4c(Br)cnc(OC)c34)nc12.II(I)I(I)I(I)I(I)I(I)I(I)I(I)I(I)I.I[I-]I(I)I(I)I(I)I(I)I(I)I(I)I(I)I(I)I(I)I(I)I. The van der Waals surface area contributed by atoms with Crippen LogP contribution in [-0.2, 0) is 9.47 Å². The molecule has 0 aliphatic carbocycles. The van der Waals surface area contributed by atoms with Crippen LogP contribution < -0.4 is 70.3 Å². The molecule has 0 bridgehead atoms. The molecule has 11 rings (SSSR count). The van der Waals surface area contributed by atoms with Gasteiger partial charge in [-0.05, 0) is 98.0 Å². The molecule has 75 heteroatoms. The number of esters is 2. The van der Waals surface area contributed by atoms with Crippen molar-refractivity contribution in [3.05, 3.63) is 105 Å². The molecule has 8 heterocycles. The van der Waals surface area contributed by atoms with Gasteiger partial charge in [0, 0.05) is 18.6 Å². The van der Waals surface area contributed by atoms with Crippen LogP contribution in [0.1, 0.15) is 99.1 Å². The zero-order valence-corrected chi connectivity index (χ0v) is 160. The molecule has 0 aliphatic heterocycles. The fraction of sp³-hybridized carbons (Fsp3) is 0.200. The number of nitrogens with zero attached hydrogens (tertiary/aromatic N) is 5. The molecule has 3 amide bonds. The number of H-pyrrole nitrogens is 2. The number of halogens is 44. The number of carbonyl (C=O) groups is 7. The second kappa shape index (κ2) is 75.3. The van der Waals surface area contributed by atoms with Crippen LogP contribution in [0.5, 0.6) is 34.9 Å². The van der Waals surface area contributed by atoms with Crippen molar-refractivity contribution in [2.24, 2.45) is 17.2 Å². The van der Waals surface area contributed by atoms with Gasteiger partial charge in [-0.1, -0.05) is 14.9 Å². The number of thiophene rings is 3. The van der Waals surface area contributed by atoms with Crippen molar-refractivity contribution < 1.29 is 89.8 Å². The van der Waals surface area contributed by atoms with E-state index in [9.17, 15) is 38.7 Å². The van der Waals surface area contributed by atoms with Crippen LogP contribution in [0, 0.1) is 0 Å². The number of carboxylic acid groups (broad SMARTS) is 1. The number of methoxy groups -OCH3 is 6. The van der Waals surface area contributed by atoms with Crippen LogP contribution in [0.15, 0.2) is 68.4 Å². The van der Waals surface area contributed by atoms with Crippen molar-refractivity contribution in [2.75, 3.05) is 67.3 Å². The maximum absolute atomic E-state index is 12.8. The molecule has 8 aromatic heterocycles. The normalized spacial score (nSPS) is 12.7. The summed E-state index contributed by atoms with van der Waals surface area (Å²) in [5, 5.41) is 11.4. The molecule has 11 aromatic rings. The number of nitrogens with two attached hydrogens (primary N) is 5. The summed E-state index contributed by atoms with van der Waals surface area (Å²) in [6, 6.07) is 9.38. The van der Waals surface area contributed by atoms with E-state index in [1.54, 1.807) is 50.6 Å². The first-order valence-electron chi connectivity index (χ1n) is 31.8. The number of hydrogen-bond acceptors (Lipinski definition) is 25. The van der Waals surface area contributed by atoms with Crippen LogP contribution in [0.2, 0.25) is 0 Å². The summed E-state index contributed by atoms with van der Waals surface area (Å²) < 4.78 is 46.0. The Morgan fingerprint density at radius 1 is 0.437 bits per heavy atom. The summed E-state index contributed by atoms with van der Waals surface area (Å²) in [7, 11) is 1.48. The Morgan fingerprint density at radius 3 is 1.04 bits per heavy atom. The third-order valence-corrected chi connectivity index (χ3v) is 2750. The molecule has 0 unspecified atom stereocenters. The summed E-state index contributed by atoms with van der Waals surface area (Å²) >= 11 is 81.4. The number of rotatable bonds is 34. The van der Waals surface area contributed by atoms with Gasteiger partial charge in [0.05, 0.1) is 155 Å². The quantitative estimate of drug-likeness (QED) is 0.00803. The van der Waals surface area contributed by atoms with Crippen LogP contribution in [-0.4, -0.2) is 138 Å². The van der Waals surface area contributed by atoms with E-state index in [4.69, 9.17) is 66.6 Å². The van der Waals surface area contributed by atoms with E-state index in [-0.39, 0.29) is 158 Å². The van der Waals surface area contributed by atoms with E-state index in [1.165, 1.54) is 83.5 Å². The minimum atomic E-state index is -1.11. The van der Waals surface area contributed by atoms with E-state index in [2.05, 4.69) is 492 Å². The van der Waals surface area contributed by atoms with Crippen LogP contribution >= 0.6 is 633 Å². The molecule has 135 heavy (non-hydrogen) atoms. The number of imidazole rings is 2. The number of ether oxygens (including phenoxy) is 8. The molecule has 0 fully saturated rings. The van der Waals surface area contributed by atoms with E-state index in [1.807, 2.05) is 0 Å². The van der Waals surface area contributed by atoms with Gasteiger partial charge in [-0.2, -0.15) is 0 Å². The first-order chi connectivity index (χ1) is 62.6. The number of carboxylic acids is 1. The minimum absolute atomic E-state index is 0. The van der Waals surface area contributed by atoms with Gasteiger partial charge >= 0.3 is 583 Å². The number of nitrogen functional groups attached to an aromatic ring is 2. The second-order valence-electron chi connectivity index (χ2n) is 21.2. The second-order valence-corrected chi connectivity index (χ2v) is 920. The number of anilines is 2. The number of aromatic nitrogens is 7. The molecule has 0 atom stereocenters. The fourth-order valence-corrected chi connectivity index (χ4v) is 6090. The number of amides is 3. The van der Waals surface area contributed by atoms with Gasteiger partial charge in [0.15, 0.2) is 23.5 Å². The van der Waals surface area contributed by atoms with Crippen molar-refractivity contribution in [1.82, 2.24) is 34.9 Å². The Hall–Kier alpha value is 20.2. The standard InChI is InChI=1S/C20H17BrN4O5S.C18H13BrN4O5S.C12H10BrNO4S.C8H11N3O2.2CH4.I23.I18/c1-4-30-20(27)16-11(12-15(31-16)9(21)7-23-19(12)29-3)18-24-10-6-5-8(17(22)26)14(28-2)13(10)25-18;1-27-12-6(15(20)24)3-4-8-11(12)23-16(22-8)9-10-13(29-14(9)18(25)26)7(19)5-21-17(10)28-2;1-3-18-12(16)9-6(5-15)8-10(19-9)7(13)4-14-11(8)17-2;1-13-7-4(8(11)12)2-3-5(9)6(7)10;;;1-13-15(4)17(6)19(8)21(10)23(12)22(11)20(9)18(7)16(5)14(2)3;1-11(2)13(5)15(7)17(9)18(10)16(8)14(6)12(3)4/h5-7H,4H2,1-3H3,(H2,22,26)(H,24,25);3-5H,1-2H3,(H2,20,24)(H,22,23)(H,25,26);4-5H,3H2,1-2H3;2-3H,9-10H2,1H3,(H2,11,12);2*1H4;;/q;;;;;;-1;. The number of carbonyl (C=O) groups excluding carboxylic acids is 6. The fourth-order valence-electron chi connectivity index (χ4n) is 9.63. The average Bonchev–Trinajstić information content (AvgIpc) is 1.59. The van der Waals surface area contributed by atoms with Gasteiger partial charge < -0.3 is 81.6 Å². The average molecular weight is 6740 g/mol. The third-order valence-electron chi connectivity index (χ3n) is 14.4. The number of aromatic carboxylic acids is 1. The summed E-state index contributed by atoms with van der Waals surface area (Å²) in [5.41, 5.74) is 31.3. The molecule has 13 N–H and O–H groups in total. The predicted octanol–water partition coefficient (Wildman–Crippen LogP) is 44.0.